The number of amides is 1. The van der Waals surface area contributed by atoms with Crippen molar-refractivity contribution in [2.24, 2.45) is 11.8 Å². The van der Waals surface area contributed by atoms with E-state index < -0.39 is 5.82 Å². The highest BCUT2D eigenvalue weighted by molar-refractivity contribution is 5.92. The number of carbonyl (C=O) groups is 1. The lowest BCUT2D eigenvalue weighted by molar-refractivity contribution is 0.0767. The third kappa shape index (κ3) is 3.70. The minimum absolute atomic E-state index is 0.0625. The lowest BCUT2D eigenvalue weighted by atomic mass is 9.95. The molecule has 2 atom stereocenters. The van der Waals surface area contributed by atoms with Crippen LogP contribution in [0.5, 0.6) is 0 Å². The van der Waals surface area contributed by atoms with Gasteiger partial charge in [0.25, 0.3) is 5.91 Å². The topological polar surface area (TPSA) is 56.7 Å². The number of likely N-dealkylation sites (tertiary alicyclic amines) is 2. The highest BCUT2D eigenvalue weighted by Crippen LogP contribution is 2.26. The van der Waals surface area contributed by atoms with Gasteiger partial charge in [0.15, 0.2) is 11.5 Å². The van der Waals surface area contributed by atoms with Crippen molar-refractivity contribution in [1.82, 2.24) is 14.8 Å². The van der Waals surface area contributed by atoms with Crippen LogP contribution in [-0.2, 0) is 0 Å². The molecule has 3 heterocycles. The van der Waals surface area contributed by atoms with E-state index in [0.29, 0.717) is 13.1 Å². The zero-order chi connectivity index (χ0) is 16.2. The Balaban J connectivity index is 1.66. The number of pyridine rings is 1. The number of aliphatic hydroxyl groups excluding tert-OH is 1. The summed E-state index contributed by atoms with van der Waals surface area (Å²) in [6, 6.07) is 2.73. The molecule has 0 bridgehead atoms. The van der Waals surface area contributed by atoms with Crippen molar-refractivity contribution in [3.05, 3.63) is 29.8 Å². The monoisotopic (exact) mass is 321 g/mol. The molecule has 5 nitrogen and oxygen atoms in total. The average molecular weight is 321 g/mol. The normalized spacial score (nSPS) is 25.7. The van der Waals surface area contributed by atoms with Crippen LogP contribution in [0.4, 0.5) is 4.39 Å². The number of nitrogens with zero attached hydrogens (tertiary/aromatic N) is 3. The van der Waals surface area contributed by atoms with Crippen molar-refractivity contribution in [1.29, 1.82) is 0 Å². The van der Waals surface area contributed by atoms with E-state index in [1.165, 1.54) is 37.6 Å². The molecule has 3 rings (SSSR count). The van der Waals surface area contributed by atoms with Crippen LogP contribution in [0.1, 0.15) is 29.8 Å². The molecule has 2 fully saturated rings. The van der Waals surface area contributed by atoms with E-state index in [9.17, 15) is 14.3 Å². The summed E-state index contributed by atoms with van der Waals surface area (Å²) in [5.41, 5.74) is -0.122. The molecule has 0 saturated carbocycles. The van der Waals surface area contributed by atoms with Gasteiger partial charge < -0.3 is 14.9 Å². The van der Waals surface area contributed by atoms with Crippen LogP contribution < -0.4 is 0 Å². The van der Waals surface area contributed by atoms with Gasteiger partial charge >= 0.3 is 0 Å². The van der Waals surface area contributed by atoms with Crippen LogP contribution in [0.25, 0.3) is 0 Å². The summed E-state index contributed by atoms with van der Waals surface area (Å²) >= 11 is 0. The SMILES string of the molecule is O=C(c1ncccc1F)N1CC(CO)C(CN2CCCCC2)C1. The minimum atomic E-state index is -0.586. The summed E-state index contributed by atoms with van der Waals surface area (Å²) in [5.74, 6) is -0.651. The van der Waals surface area contributed by atoms with Crippen molar-refractivity contribution < 1.29 is 14.3 Å². The van der Waals surface area contributed by atoms with Gasteiger partial charge in [-0.15, -0.1) is 0 Å². The van der Waals surface area contributed by atoms with E-state index in [2.05, 4.69) is 9.88 Å². The highest BCUT2D eigenvalue weighted by Gasteiger charge is 2.37. The molecule has 1 amide bonds. The van der Waals surface area contributed by atoms with Crippen LogP contribution in [0, 0.1) is 17.7 Å². The Bertz CT molecular complexity index is 548. The van der Waals surface area contributed by atoms with E-state index in [4.69, 9.17) is 0 Å². The Morgan fingerprint density at radius 2 is 2.00 bits per heavy atom. The van der Waals surface area contributed by atoms with E-state index >= 15 is 0 Å². The Labute approximate surface area is 136 Å². The molecular weight excluding hydrogens is 297 g/mol. The van der Waals surface area contributed by atoms with Crippen molar-refractivity contribution >= 4 is 5.91 Å². The predicted octanol–water partition coefficient (Wildman–Crippen LogP) is 1.39. The van der Waals surface area contributed by atoms with Gasteiger partial charge in [-0.2, -0.15) is 0 Å². The molecule has 6 heteroatoms. The van der Waals surface area contributed by atoms with E-state index in [1.54, 1.807) is 4.90 Å². The lowest BCUT2D eigenvalue weighted by Gasteiger charge is -2.30. The predicted molar refractivity (Wildman–Crippen MR) is 84.5 cm³/mol. The van der Waals surface area contributed by atoms with Crippen LogP contribution in [0.15, 0.2) is 18.3 Å². The first kappa shape index (κ1) is 16.3. The molecule has 2 aliphatic heterocycles. The standard InChI is InChI=1S/C17H24FN3O2/c18-15-5-4-6-19-16(15)17(23)21-10-13(14(11-21)12-22)9-20-7-2-1-3-8-20/h4-6,13-14,22H,1-3,7-12H2. The molecule has 2 unspecified atom stereocenters. The molecule has 126 valence electrons. The smallest absolute Gasteiger partial charge is 0.275 e. The van der Waals surface area contributed by atoms with Crippen LogP contribution in [0.2, 0.25) is 0 Å². The number of rotatable bonds is 4. The van der Waals surface area contributed by atoms with Crippen LogP contribution in [0.3, 0.4) is 0 Å². The van der Waals surface area contributed by atoms with Gasteiger partial charge in [0.05, 0.1) is 0 Å². The number of carbonyl (C=O) groups excluding carboxylic acids is 1. The van der Waals surface area contributed by atoms with Crippen molar-refractivity contribution in [2.45, 2.75) is 19.3 Å². The van der Waals surface area contributed by atoms with Gasteiger partial charge in [-0.05, 0) is 44.0 Å². The van der Waals surface area contributed by atoms with E-state index in [1.807, 2.05) is 0 Å². The second-order valence-corrected chi connectivity index (χ2v) is 6.61. The highest BCUT2D eigenvalue weighted by atomic mass is 19.1. The molecule has 1 aromatic heterocycles. The molecule has 0 radical (unpaired) electrons. The molecular formula is C17H24FN3O2. The summed E-state index contributed by atoms with van der Waals surface area (Å²) < 4.78 is 13.8. The molecule has 2 aliphatic rings. The van der Waals surface area contributed by atoms with Crippen molar-refractivity contribution in [2.75, 3.05) is 39.3 Å². The van der Waals surface area contributed by atoms with Crippen molar-refractivity contribution in [3.8, 4) is 0 Å². The summed E-state index contributed by atoms with van der Waals surface area (Å²) in [5, 5.41) is 9.64. The van der Waals surface area contributed by atoms with Crippen LogP contribution in [-0.4, -0.2) is 65.1 Å². The molecule has 1 N–H and O–H groups in total. The Hall–Kier alpha value is -1.53. The number of hydrogen-bond acceptors (Lipinski definition) is 4. The average Bonchev–Trinajstić information content (AvgIpc) is 2.98. The maximum atomic E-state index is 13.8. The summed E-state index contributed by atoms with van der Waals surface area (Å²) in [4.78, 5) is 20.4. The first-order valence-corrected chi connectivity index (χ1v) is 8.42. The second kappa shape index (κ2) is 7.36. The van der Waals surface area contributed by atoms with Gasteiger partial charge in [0, 0.05) is 38.4 Å². The van der Waals surface area contributed by atoms with Crippen molar-refractivity contribution in [3.63, 3.8) is 0 Å². The fourth-order valence-corrected chi connectivity index (χ4v) is 3.68. The first-order valence-electron chi connectivity index (χ1n) is 8.42. The number of hydrogen-bond donors (Lipinski definition) is 1. The lowest BCUT2D eigenvalue weighted by Crippen LogP contribution is -2.37. The summed E-state index contributed by atoms with van der Waals surface area (Å²) in [7, 11) is 0. The second-order valence-electron chi connectivity index (χ2n) is 6.61. The number of piperidine rings is 1. The third-order valence-electron chi connectivity index (χ3n) is 5.00. The third-order valence-corrected chi connectivity index (χ3v) is 5.00. The van der Waals surface area contributed by atoms with E-state index in [0.717, 1.165) is 19.6 Å². The van der Waals surface area contributed by atoms with Gasteiger partial charge in [0.1, 0.15) is 0 Å². The molecule has 0 aliphatic carbocycles. The maximum Gasteiger partial charge on any atom is 0.275 e. The number of halogens is 1. The largest absolute Gasteiger partial charge is 0.396 e. The van der Waals surface area contributed by atoms with Gasteiger partial charge in [-0.3, -0.25) is 4.79 Å². The molecule has 2 saturated heterocycles. The fraction of sp³-hybridized carbons (Fsp3) is 0.647. The van der Waals surface area contributed by atoms with E-state index in [-0.39, 0.29) is 30.0 Å². The van der Waals surface area contributed by atoms with Gasteiger partial charge in [0.2, 0.25) is 0 Å². The molecule has 0 aromatic carbocycles. The molecule has 0 spiro atoms. The summed E-state index contributed by atoms with van der Waals surface area (Å²) in [6.45, 7) is 4.20. The zero-order valence-electron chi connectivity index (χ0n) is 13.3. The fourth-order valence-electron chi connectivity index (χ4n) is 3.68. The zero-order valence-corrected chi connectivity index (χ0v) is 13.3. The Morgan fingerprint density at radius 1 is 1.26 bits per heavy atom. The molecule has 23 heavy (non-hydrogen) atoms. The maximum absolute atomic E-state index is 13.8. The van der Waals surface area contributed by atoms with Crippen LogP contribution >= 0.6 is 0 Å². The molecule has 1 aromatic rings. The quantitative estimate of drug-likeness (QED) is 0.910. The summed E-state index contributed by atoms with van der Waals surface area (Å²) in [6.07, 6.45) is 5.16. The van der Waals surface area contributed by atoms with Gasteiger partial charge in [-0.25, -0.2) is 9.37 Å². The Morgan fingerprint density at radius 3 is 2.70 bits per heavy atom. The first-order chi connectivity index (χ1) is 11.2. The number of aliphatic hydroxyl groups is 1. The Kier molecular flexibility index (Phi) is 5.23. The number of aromatic nitrogens is 1. The minimum Gasteiger partial charge on any atom is -0.396 e. The van der Waals surface area contributed by atoms with Gasteiger partial charge in [-0.1, -0.05) is 6.42 Å².